The second kappa shape index (κ2) is 4.78. The highest BCUT2D eigenvalue weighted by Crippen LogP contribution is 2.14. The normalized spacial score (nSPS) is 22.5. The van der Waals surface area contributed by atoms with Crippen molar-refractivity contribution in [2.45, 2.75) is 31.8 Å². The van der Waals surface area contributed by atoms with Crippen molar-refractivity contribution in [3.05, 3.63) is 0 Å². The molecule has 1 aliphatic rings. The molecule has 1 fully saturated rings. The number of hydrogen-bond donors (Lipinski definition) is 1. The van der Waals surface area contributed by atoms with E-state index in [4.69, 9.17) is 9.84 Å². The first-order valence-corrected chi connectivity index (χ1v) is 4.12. The van der Waals surface area contributed by atoms with E-state index in [1.165, 1.54) is 6.42 Å². The van der Waals surface area contributed by atoms with Gasteiger partial charge in [-0.1, -0.05) is 5.92 Å². The highest BCUT2D eigenvalue weighted by molar-refractivity contribution is 5.86. The Bertz CT molecular complexity index is 206. The summed E-state index contributed by atoms with van der Waals surface area (Å²) in [6.07, 6.45) is 3.99. The number of rotatable bonds is 1. The molecule has 0 aromatic carbocycles. The van der Waals surface area contributed by atoms with E-state index >= 15 is 0 Å². The van der Waals surface area contributed by atoms with Crippen LogP contribution in [0.5, 0.6) is 0 Å². The zero-order valence-corrected chi connectivity index (χ0v) is 6.88. The van der Waals surface area contributed by atoms with E-state index in [1.807, 2.05) is 0 Å². The molecule has 12 heavy (non-hydrogen) atoms. The maximum absolute atomic E-state index is 10.0. The molecule has 3 heteroatoms. The van der Waals surface area contributed by atoms with Crippen molar-refractivity contribution < 1.29 is 14.6 Å². The Morgan fingerprint density at radius 1 is 1.58 bits per heavy atom. The molecule has 1 heterocycles. The quantitative estimate of drug-likeness (QED) is 0.595. The lowest BCUT2D eigenvalue weighted by molar-refractivity contribution is -0.130. The van der Waals surface area contributed by atoms with E-state index in [2.05, 4.69) is 11.8 Å². The molecule has 0 spiro atoms. The first kappa shape index (κ1) is 9.08. The Morgan fingerprint density at radius 3 is 3.00 bits per heavy atom. The molecule has 1 aliphatic heterocycles. The standard InChI is InChI=1S/C9H12O3/c10-9(11)6-3-5-8-4-1-2-7-12-8/h8H,1-2,4-5,7H2,(H,10,11). The lowest BCUT2D eigenvalue weighted by atomic mass is 10.1. The summed E-state index contributed by atoms with van der Waals surface area (Å²) in [5, 5.41) is 8.23. The molecule has 0 amide bonds. The minimum absolute atomic E-state index is 0.158. The zero-order chi connectivity index (χ0) is 8.81. The van der Waals surface area contributed by atoms with E-state index in [0.717, 1.165) is 19.4 Å². The largest absolute Gasteiger partial charge is 0.472 e. The van der Waals surface area contributed by atoms with Crippen LogP contribution >= 0.6 is 0 Å². The van der Waals surface area contributed by atoms with Crippen LogP contribution in [0.25, 0.3) is 0 Å². The summed E-state index contributed by atoms with van der Waals surface area (Å²) in [4.78, 5) is 10.0. The fourth-order valence-corrected chi connectivity index (χ4v) is 1.21. The summed E-state index contributed by atoms with van der Waals surface area (Å²) in [6.45, 7) is 0.791. The third-order valence-corrected chi connectivity index (χ3v) is 1.80. The molecule has 3 nitrogen and oxygen atoms in total. The maximum Gasteiger partial charge on any atom is 0.381 e. The molecule has 1 N–H and O–H groups in total. The number of carboxylic acids is 1. The summed E-state index contributed by atoms with van der Waals surface area (Å²) < 4.78 is 5.36. The fraction of sp³-hybridized carbons (Fsp3) is 0.667. The first-order valence-electron chi connectivity index (χ1n) is 4.12. The molecule has 0 aromatic heterocycles. The SMILES string of the molecule is O=C(O)C#CCC1CCCCO1. The smallest absolute Gasteiger partial charge is 0.381 e. The Morgan fingerprint density at radius 2 is 2.42 bits per heavy atom. The van der Waals surface area contributed by atoms with E-state index in [9.17, 15) is 4.79 Å². The first-order chi connectivity index (χ1) is 5.79. The van der Waals surface area contributed by atoms with Crippen molar-refractivity contribution >= 4 is 5.97 Å². The lowest BCUT2D eigenvalue weighted by Crippen LogP contribution is -2.18. The predicted octanol–water partition coefficient (Wildman–Crippen LogP) is 1.03. The Hall–Kier alpha value is -1.01. The molecule has 1 saturated heterocycles. The fourth-order valence-electron chi connectivity index (χ4n) is 1.21. The number of ether oxygens (including phenoxy) is 1. The summed E-state index contributed by atoms with van der Waals surface area (Å²) in [7, 11) is 0. The second-order valence-electron chi connectivity index (χ2n) is 2.80. The summed E-state index contributed by atoms with van der Waals surface area (Å²) >= 11 is 0. The van der Waals surface area contributed by atoms with Crippen molar-refractivity contribution in [3.63, 3.8) is 0 Å². The van der Waals surface area contributed by atoms with Gasteiger partial charge in [0, 0.05) is 18.9 Å². The highest BCUT2D eigenvalue weighted by atomic mass is 16.5. The van der Waals surface area contributed by atoms with Gasteiger partial charge in [-0.25, -0.2) is 4.79 Å². The average Bonchev–Trinajstić information content (AvgIpc) is 2.05. The Kier molecular flexibility index (Phi) is 3.62. The van der Waals surface area contributed by atoms with Gasteiger partial charge in [-0.2, -0.15) is 0 Å². The summed E-state index contributed by atoms with van der Waals surface area (Å²) in [5.74, 6) is 3.60. The van der Waals surface area contributed by atoms with E-state index in [1.54, 1.807) is 0 Å². The Balaban J connectivity index is 2.22. The van der Waals surface area contributed by atoms with Crippen molar-refractivity contribution in [2.24, 2.45) is 0 Å². The van der Waals surface area contributed by atoms with Gasteiger partial charge in [-0.3, -0.25) is 0 Å². The van der Waals surface area contributed by atoms with Crippen molar-refractivity contribution in [3.8, 4) is 11.8 Å². The van der Waals surface area contributed by atoms with E-state index in [0.29, 0.717) is 6.42 Å². The van der Waals surface area contributed by atoms with Crippen LogP contribution in [0.15, 0.2) is 0 Å². The summed E-state index contributed by atoms with van der Waals surface area (Å²) in [5.41, 5.74) is 0. The Labute approximate surface area is 71.7 Å². The third kappa shape index (κ3) is 3.40. The minimum Gasteiger partial charge on any atom is -0.472 e. The number of carboxylic acid groups (broad SMARTS) is 1. The molecule has 0 bridgehead atoms. The van der Waals surface area contributed by atoms with Crippen LogP contribution < -0.4 is 0 Å². The van der Waals surface area contributed by atoms with E-state index in [-0.39, 0.29) is 6.10 Å². The molecule has 0 aromatic rings. The zero-order valence-electron chi connectivity index (χ0n) is 6.88. The molecule has 0 radical (unpaired) electrons. The second-order valence-corrected chi connectivity index (χ2v) is 2.80. The maximum atomic E-state index is 10.0. The molecule has 1 unspecified atom stereocenters. The van der Waals surface area contributed by atoms with Crippen LogP contribution in [0.4, 0.5) is 0 Å². The van der Waals surface area contributed by atoms with Crippen LogP contribution in [0.1, 0.15) is 25.7 Å². The molecular formula is C9H12O3. The van der Waals surface area contributed by atoms with Gasteiger partial charge in [0.2, 0.25) is 0 Å². The van der Waals surface area contributed by atoms with Crippen LogP contribution in [0, 0.1) is 11.8 Å². The molecule has 0 saturated carbocycles. The molecule has 66 valence electrons. The molecule has 1 rings (SSSR count). The van der Waals surface area contributed by atoms with Crippen LogP contribution in [0.2, 0.25) is 0 Å². The van der Waals surface area contributed by atoms with Gasteiger partial charge in [0.05, 0.1) is 6.10 Å². The van der Waals surface area contributed by atoms with Crippen LogP contribution in [-0.2, 0) is 9.53 Å². The third-order valence-electron chi connectivity index (χ3n) is 1.80. The number of hydrogen-bond acceptors (Lipinski definition) is 2. The predicted molar refractivity (Wildman–Crippen MR) is 43.6 cm³/mol. The van der Waals surface area contributed by atoms with Crippen LogP contribution in [0.3, 0.4) is 0 Å². The topological polar surface area (TPSA) is 46.5 Å². The van der Waals surface area contributed by atoms with Gasteiger partial charge >= 0.3 is 5.97 Å². The highest BCUT2D eigenvalue weighted by Gasteiger charge is 2.11. The van der Waals surface area contributed by atoms with Gasteiger partial charge < -0.3 is 9.84 Å². The lowest BCUT2D eigenvalue weighted by Gasteiger charge is -2.19. The monoisotopic (exact) mass is 168 g/mol. The van der Waals surface area contributed by atoms with Gasteiger partial charge in [0.15, 0.2) is 0 Å². The van der Waals surface area contributed by atoms with Crippen molar-refractivity contribution in [1.29, 1.82) is 0 Å². The molecular weight excluding hydrogens is 156 g/mol. The number of carbonyl (C=O) groups is 1. The average molecular weight is 168 g/mol. The van der Waals surface area contributed by atoms with Crippen LogP contribution in [-0.4, -0.2) is 23.8 Å². The van der Waals surface area contributed by atoms with E-state index < -0.39 is 5.97 Å². The summed E-state index contributed by atoms with van der Waals surface area (Å²) in [6, 6.07) is 0. The van der Waals surface area contributed by atoms with Gasteiger partial charge in [0.25, 0.3) is 0 Å². The molecule has 0 aliphatic carbocycles. The number of aliphatic carboxylic acids is 1. The van der Waals surface area contributed by atoms with Crippen molar-refractivity contribution in [1.82, 2.24) is 0 Å². The molecule has 1 atom stereocenters. The van der Waals surface area contributed by atoms with Gasteiger partial charge in [-0.15, -0.1) is 0 Å². The minimum atomic E-state index is -1.06. The van der Waals surface area contributed by atoms with Gasteiger partial charge in [-0.05, 0) is 19.3 Å². The van der Waals surface area contributed by atoms with Gasteiger partial charge in [0.1, 0.15) is 0 Å². The van der Waals surface area contributed by atoms with Crippen molar-refractivity contribution in [2.75, 3.05) is 6.61 Å².